The van der Waals surface area contributed by atoms with Gasteiger partial charge in [-0.25, -0.2) is 4.79 Å². The van der Waals surface area contributed by atoms with Gasteiger partial charge in [-0.3, -0.25) is 9.59 Å². The Hall–Kier alpha value is -0.930. The Kier molecular flexibility index (Phi) is 7.82. The molecule has 3 fully saturated rings. The van der Waals surface area contributed by atoms with Crippen LogP contribution in [0.1, 0.15) is 72.6 Å². The molecule has 182 valence electrons. The fourth-order valence-electron chi connectivity index (χ4n) is 5.43. The molecule has 2 N–H and O–H groups in total. The van der Waals surface area contributed by atoms with Gasteiger partial charge in [0.25, 0.3) is 0 Å². The van der Waals surface area contributed by atoms with Gasteiger partial charge in [-0.2, -0.15) is 0 Å². The Morgan fingerprint density at radius 2 is 1.69 bits per heavy atom. The monoisotopic (exact) mass is 485 g/mol. The van der Waals surface area contributed by atoms with Crippen LogP contribution in [0.4, 0.5) is 0 Å². The van der Waals surface area contributed by atoms with E-state index in [0.29, 0.717) is 25.8 Å². The number of thioether (sulfide) groups is 2. The molecule has 32 heavy (non-hydrogen) atoms. The number of nitrogens with two attached hydrogens (primary N) is 1. The number of carbonyl (C=O) groups excluding carboxylic acids is 3. The van der Waals surface area contributed by atoms with Crippen LogP contribution < -0.4 is 5.73 Å². The summed E-state index contributed by atoms with van der Waals surface area (Å²) in [6, 6.07) is -1.38. The van der Waals surface area contributed by atoms with E-state index in [2.05, 4.69) is 0 Å². The lowest BCUT2D eigenvalue weighted by Crippen LogP contribution is -2.68. The number of nitrogens with zero attached hydrogens (tertiary/aromatic N) is 2. The number of methoxy groups -OCH3 is 1. The number of likely N-dealkylation sites (tertiary alicyclic amines) is 1. The van der Waals surface area contributed by atoms with Gasteiger partial charge in [0.05, 0.1) is 16.9 Å². The zero-order valence-electron chi connectivity index (χ0n) is 20.1. The lowest BCUT2D eigenvalue weighted by atomic mass is 9.79. The summed E-state index contributed by atoms with van der Waals surface area (Å²) >= 11 is 3.69. The van der Waals surface area contributed by atoms with Crippen LogP contribution in [0.3, 0.4) is 0 Å². The molecule has 0 aromatic rings. The average molecular weight is 486 g/mol. The van der Waals surface area contributed by atoms with Crippen LogP contribution in [0.25, 0.3) is 0 Å². The Morgan fingerprint density at radius 1 is 1.09 bits per heavy atom. The zero-order valence-corrected chi connectivity index (χ0v) is 21.8. The Bertz CT molecular complexity index is 727. The molecule has 1 saturated carbocycles. The molecule has 0 aromatic heterocycles. The van der Waals surface area contributed by atoms with Crippen molar-refractivity contribution in [2.45, 2.75) is 94.5 Å². The second-order valence-electron chi connectivity index (χ2n) is 10.5. The van der Waals surface area contributed by atoms with Crippen LogP contribution in [0, 0.1) is 5.41 Å². The maximum absolute atomic E-state index is 14.2. The molecule has 2 unspecified atom stereocenters. The smallest absolute Gasteiger partial charge is 0.328 e. The largest absolute Gasteiger partial charge is 0.467 e. The number of hydrogen-bond donors (Lipinski definition) is 1. The number of ether oxygens (including phenoxy) is 1. The summed E-state index contributed by atoms with van der Waals surface area (Å²) in [7, 11) is 1.37. The van der Waals surface area contributed by atoms with Gasteiger partial charge in [-0.15, -0.1) is 23.5 Å². The molecule has 1 aliphatic carbocycles. The van der Waals surface area contributed by atoms with E-state index >= 15 is 0 Å². The predicted octanol–water partition coefficient (Wildman–Crippen LogP) is 3.21. The molecule has 3 aliphatic rings. The fourth-order valence-corrected chi connectivity index (χ4v) is 8.78. The highest BCUT2D eigenvalue weighted by molar-refractivity contribution is 8.18. The van der Waals surface area contributed by atoms with Crippen LogP contribution in [0.5, 0.6) is 0 Å². The molecule has 2 heterocycles. The molecule has 3 rings (SSSR count). The molecule has 2 saturated heterocycles. The van der Waals surface area contributed by atoms with Crippen LogP contribution in [-0.2, 0) is 19.1 Å². The lowest BCUT2D eigenvalue weighted by molar-refractivity contribution is -0.163. The normalized spacial score (nSPS) is 25.9. The Balaban J connectivity index is 1.99. The molecule has 7 nitrogen and oxygen atoms in total. The summed E-state index contributed by atoms with van der Waals surface area (Å²) in [5.74, 6) is 1.28. The molecule has 0 radical (unpaired) electrons. The number of amides is 2. The quantitative estimate of drug-likeness (QED) is 0.483. The Morgan fingerprint density at radius 3 is 2.19 bits per heavy atom. The summed E-state index contributed by atoms with van der Waals surface area (Å²) in [5.41, 5.74) is 5.44. The minimum Gasteiger partial charge on any atom is -0.467 e. The first-order valence-electron chi connectivity index (χ1n) is 11.7. The van der Waals surface area contributed by atoms with Crippen molar-refractivity contribution < 1.29 is 19.1 Å². The highest BCUT2D eigenvalue weighted by atomic mass is 32.2. The molecule has 2 atom stereocenters. The van der Waals surface area contributed by atoms with E-state index in [1.807, 2.05) is 44.3 Å². The van der Waals surface area contributed by atoms with Gasteiger partial charge in [-0.05, 0) is 49.0 Å². The van der Waals surface area contributed by atoms with E-state index in [9.17, 15) is 14.4 Å². The topological polar surface area (TPSA) is 92.9 Å². The minimum absolute atomic E-state index is 0.187. The molecule has 1 spiro atoms. The van der Waals surface area contributed by atoms with Crippen molar-refractivity contribution in [3.8, 4) is 0 Å². The first kappa shape index (κ1) is 25.7. The summed E-state index contributed by atoms with van der Waals surface area (Å²) < 4.78 is 4.91. The number of carbonyl (C=O) groups is 3. The van der Waals surface area contributed by atoms with Crippen molar-refractivity contribution >= 4 is 41.3 Å². The van der Waals surface area contributed by atoms with Gasteiger partial charge in [-0.1, -0.05) is 27.2 Å². The third kappa shape index (κ3) is 5.09. The summed E-state index contributed by atoms with van der Waals surface area (Å²) in [5, 5.41) is 0. The van der Waals surface area contributed by atoms with Gasteiger partial charge >= 0.3 is 5.97 Å². The van der Waals surface area contributed by atoms with Crippen LogP contribution >= 0.6 is 23.5 Å². The zero-order chi connectivity index (χ0) is 23.7. The maximum atomic E-state index is 14.2. The van der Waals surface area contributed by atoms with Crippen molar-refractivity contribution in [3.05, 3.63) is 0 Å². The lowest BCUT2D eigenvalue weighted by Gasteiger charge is -2.51. The molecular formula is C23H39N3O4S2. The van der Waals surface area contributed by atoms with Gasteiger partial charge in [0, 0.05) is 19.9 Å². The van der Waals surface area contributed by atoms with E-state index in [1.165, 1.54) is 14.0 Å². The molecule has 0 bridgehead atoms. The second kappa shape index (κ2) is 9.74. The Labute approximate surface area is 200 Å². The van der Waals surface area contributed by atoms with E-state index in [1.54, 1.807) is 9.80 Å². The van der Waals surface area contributed by atoms with Crippen molar-refractivity contribution in [2.75, 3.05) is 25.2 Å². The van der Waals surface area contributed by atoms with Gasteiger partial charge in [0.2, 0.25) is 11.8 Å². The second-order valence-corrected chi connectivity index (χ2v) is 13.7. The highest BCUT2D eigenvalue weighted by Gasteiger charge is 2.55. The molecule has 2 aliphatic heterocycles. The summed E-state index contributed by atoms with van der Waals surface area (Å²) in [6.45, 7) is 7.91. The van der Waals surface area contributed by atoms with E-state index in [-0.39, 0.29) is 21.9 Å². The standard InChI is InChI=1S/C23H39N3O4S2/c1-16(27)26(22(24)10-7-6-8-11-22)18(21(2,3)4)19(28)25-15-23(31-12-9-13-32-23)14-17(25)20(29)30-5/h17-18H,6-15,24H2,1-5H3. The van der Waals surface area contributed by atoms with Crippen LogP contribution in [0.15, 0.2) is 0 Å². The predicted molar refractivity (Wildman–Crippen MR) is 130 cm³/mol. The summed E-state index contributed by atoms with van der Waals surface area (Å²) in [6.07, 6.45) is 6.04. The fraction of sp³-hybridized carbons (Fsp3) is 0.870. The van der Waals surface area contributed by atoms with Crippen molar-refractivity contribution in [3.63, 3.8) is 0 Å². The first-order chi connectivity index (χ1) is 14.9. The first-order valence-corrected chi connectivity index (χ1v) is 13.7. The molecule has 9 heteroatoms. The van der Waals surface area contributed by atoms with E-state index in [4.69, 9.17) is 10.5 Å². The SMILES string of the molecule is COC(=O)C1CC2(CN1C(=O)C(N(C(C)=O)C1(N)CCCCC1)C(C)(C)C)SCCCS2. The number of hydrogen-bond acceptors (Lipinski definition) is 7. The third-order valence-corrected chi connectivity index (χ3v) is 10.3. The van der Waals surface area contributed by atoms with Crippen LogP contribution in [0.2, 0.25) is 0 Å². The third-order valence-electron chi connectivity index (χ3n) is 6.92. The molecule has 0 aromatic carbocycles. The number of esters is 1. The van der Waals surface area contributed by atoms with Crippen molar-refractivity contribution in [1.82, 2.24) is 9.80 Å². The molecule has 2 amide bonds. The van der Waals surface area contributed by atoms with Crippen molar-refractivity contribution in [1.29, 1.82) is 0 Å². The van der Waals surface area contributed by atoms with Crippen LogP contribution in [-0.4, -0.2) is 74.6 Å². The van der Waals surface area contributed by atoms with Gasteiger partial charge < -0.3 is 20.3 Å². The highest BCUT2D eigenvalue weighted by Crippen LogP contribution is 2.51. The number of rotatable bonds is 4. The molecular weight excluding hydrogens is 446 g/mol. The minimum atomic E-state index is -0.843. The van der Waals surface area contributed by atoms with Gasteiger partial charge in [0.1, 0.15) is 12.1 Å². The maximum Gasteiger partial charge on any atom is 0.328 e. The van der Waals surface area contributed by atoms with Gasteiger partial charge in [0.15, 0.2) is 0 Å². The van der Waals surface area contributed by atoms with Crippen molar-refractivity contribution in [2.24, 2.45) is 11.1 Å². The summed E-state index contributed by atoms with van der Waals surface area (Å²) in [4.78, 5) is 43.3. The van der Waals surface area contributed by atoms with E-state index in [0.717, 1.165) is 37.2 Å². The average Bonchev–Trinajstić information content (AvgIpc) is 3.09. The van der Waals surface area contributed by atoms with E-state index < -0.39 is 23.2 Å².